The molecule has 0 saturated heterocycles. The van der Waals surface area contributed by atoms with Crippen molar-refractivity contribution in [3.8, 4) is 0 Å². The van der Waals surface area contributed by atoms with Crippen molar-refractivity contribution < 1.29 is 0 Å². The Kier molecular flexibility index (Phi) is 6.24. The SMILES string of the molecule is Cc1c(SCCCSc2ncccn2)ccnc1Cn1cnc2ccccc21. The first-order valence-electron chi connectivity index (χ1n) is 9.18. The monoisotopic (exact) mass is 407 g/mol. The average Bonchev–Trinajstić information content (AvgIpc) is 3.14. The minimum Gasteiger partial charge on any atom is -0.324 e. The third-order valence-corrected chi connectivity index (χ3v) is 6.63. The summed E-state index contributed by atoms with van der Waals surface area (Å²) in [4.78, 5) is 18.9. The first-order valence-corrected chi connectivity index (χ1v) is 11.2. The molecule has 0 spiro atoms. The van der Waals surface area contributed by atoms with E-state index >= 15 is 0 Å². The smallest absolute Gasteiger partial charge is 0.187 e. The summed E-state index contributed by atoms with van der Waals surface area (Å²) in [5.41, 5.74) is 4.51. The van der Waals surface area contributed by atoms with E-state index in [-0.39, 0.29) is 0 Å². The second-order valence-electron chi connectivity index (χ2n) is 6.32. The third kappa shape index (κ3) is 4.54. The number of hydrogen-bond donors (Lipinski definition) is 0. The fourth-order valence-electron chi connectivity index (χ4n) is 2.94. The van der Waals surface area contributed by atoms with Gasteiger partial charge in [-0.3, -0.25) is 4.98 Å². The Balaban J connectivity index is 1.35. The molecule has 0 saturated carbocycles. The summed E-state index contributed by atoms with van der Waals surface area (Å²) in [6.07, 6.45) is 8.49. The predicted molar refractivity (Wildman–Crippen MR) is 116 cm³/mol. The number of aromatic nitrogens is 5. The normalized spacial score (nSPS) is 11.2. The third-order valence-electron chi connectivity index (χ3n) is 4.43. The maximum atomic E-state index is 4.62. The van der Waals surface area contributed by atoms with Gasteiger partial charge in [0.2, 0.25) is 0 Å². The molecule has 5 nitrogen and oxygen atoms in total. The summed E-state index contributed by atoms with van der Waals surface area (Å²) < 4.78 is 2.16. The van der Waals surface area contributed by atoms with Crippen LogP contribution in [0.25, 0.3) is 11.0 Å². The average molecular weight is 408 g/mol. The van der Waals surface area contributed by atoms with Crippen LogP contribution in [0.1, 0.15) is 17.7 Å². The highest BCUT2D eigenvalue weighted by molar-refractivity contribution is 8.00. The van der Waals surface area contributed by atoms with Crippen molar-refractivity contribution >= 4 is 34.6 Å². The zero-order chi connectivity index (χ0) is 19.2. The van der Waals surface area contributed by atoms with Crippen molar-refractivity contribution in [2.75, 3.05) is 11.5 Å². The summed E-state index contributed by atoms with van der Waals surface area (Å²) in [7, 11) is 0. The minimum absolute atomic E-state index is 0.738. The van der Waals surface area contributed by atoms with Gasteiger partial charge in [-0.25, -0.2) is 15.0 Å². The van der Waals surface area contributed by atoms with E-state index in [2.05, 4.69) is 43.6 Å². The number of imidazole rings is 1. The van der Waals surface area contributed by atoms with Crippen molar-refractivity contribution in [1.82, 2.24) is 24.5 Å². The van der Waals surface area contributed by atoms with Gasteiger partial charge in [0.25, 0.3) is 0 Å². The molecule has 0 aliphatic heterocycles. The van der Waals surface area contributed by atoms with Crippen LogP contribution < -0.4 is 0 Å². The summed E-state index contributed by atoms with van der Waals surface area (Å²) in [5, 5.41) is 0.849. The largest absolute Gasteiger partial charge is 0.324 e. The minimum atomic E-state index is 0.738. The Morgan fingerprint density at radius 3 is 2.57 bits per heavy atom. The highest BCUT2D eigenvalue weighted by Crippen LogP contribution is 2.26. The van der Waals surface area contributed by atoms with E-state index in [1.54, 1.807) is 24.2 Å². The summed E-state index contributed by atoms with van der Waals surface area (Å²) in [6, 6.07) is 12.2. The quantitative estimate of drug-likeness (QED) is 0.236. The van der Waals surface area contributed by atoms with Crippen LogP contribution >= 0.6 is 23.5 Å². The Hall–Kier alpha value is -2.38. The molecule has 7 heteroatoms. The molecule has 0 radical (unpaired) electrons. The first-order chi connectivity index (χ1) is 13.8. The van der Waals surface area contributed by atoms with E-state index in [4.69, 9.17) is 0 Å². The van der Waals surface area contributed by atoms with Gasteiger partial charge in [-0.2, -0.15) is 0 Å². The van der Waals surface area contributed by atoms with Crippen LogP contribution in [-0.2, 0) is 6.54 Å². The molecule has 0 atom stereocenters. The first kappa shape index (κ1) is 19.0. The Labute approximate surface area is 173 Å². The van der Waals surface area contributed by atoms with E-state index in [1.165, 1.54) is 10.5 Å². The zero-order valence-electron chi connectivity index (χ0n) is 15.7. The highest BCUT2D eigenvalue weighted by atomic mass is 32.2. The molecule has 4 aromatic rings. The van der Waals surface area contributed by atoms with Crippen molar-refractivity contribution in [1.29, 1.82) is 0 Å². The van der Waals surface area contributed by atoms with Crippen molar-refractivity contribution in [2.24, 2.45) is 0 Å². The molecular weight excluding hydrogens is 386 g/mol. The van der Waals surface area contributed by atoms with Crippen LogP contribution in [0.15, 0.2) is 71.4 Å². The maximum absolute atomic E-state index is 4.62. The van der Waals surface area contributed by atoms with Gasteiger partial charge in [0.15, 0.2) is 5.16 Å². The van der Waals surface area contributed by atoms with Gasteiger partial charge < -0.3 is 4.57 Å². The fraction of sp³-hybridized carbons (Fsp3) is 0.238. The van der Waals surface area contributed by atoms with Crippen molar-refractivity contribution in [2.45, 2.75) is 29.9 Å². The molecular formula is C21H21N5S2. The lowest BCUT2D eigenvalue weighted by molar-refractivity contribution is 0.784. The van der Waals surface area contributed by atoms with Crippen LogP contribution in [0, 0.1) is 6.92 Å². The van der Waals surface area contributed by atoms with Crippen LogP contribution in [0.4, 0.5) is 0 Å². The lowest BCUT2D eigenvalue weighted by Gasteiger charge is -2.11. The van der Waals surface area contributed by atoms with Crippen molar-refractivity contribution in [3.63, 3.8) is 0 Å². The fourth-order valence-corrected chi connectivity index (χ4v) is 4.86. The Morgan fingerprint density at radius 1 is 0.857 bits per heavy atom. The summed E-state index contributed by atoms with van der Waals surface area (Å²) >= 11 is 3.60. The van der Waals surface area contributed by atoms with E-state index in [0.29, 0.717) is 0 Å². The molecule has 1 aromatic carbocycles. The molecule has 3 aromatic heterocycles. The topological polar surface area (TPSA) is 56.5 Å². The Morgan fingerprint density at radius 2 is 1.68 bits per heavy atom. The number of fused-ring (bicyclic) bond motifs is 1. The van der Waals surface area contributed by atoms with Crippen LogP contribution in [-0.4, -0.2) is 36.0 Å². The van der Waals surface area contributed by atoms with Crippen LogP contribution in [0.5, 0.6) is 0 Å². The van der Waals surface area contributed by atoms with Gasteiger partial charge in [0.1, 0.15) is 0 Å². The number of nitrogens with zero attached hydrogens (tertiary/aromatic N) is 5. The predicted octanol–water partition coefficient (Wildman–Crippen LogP) is 4.85. The Bertz CT molecular complexity index is 1050. The number of para-hydroxylation sites is 2. The summed E-state index contributed by atoms with van der Waals surface area (Å²) in [6.45, 7) is 2.90. The van der Waals surface area contributed by atoms with Gasteiger partial charge in [0, 0.05) is 29.2 Å². The number of pyridine rings is 1. The lowest BCUT2D eigenvalue weighted by Crippen LogP contribution is -2.03. The number of rotatable bonds is 8. The second kappa shape index (κ2) is 9.21. The molecule has 0 unspecified atom stereocenters. The maximum Gasteiger partial charge on any atom is 0.187 e. The lowest BCUT2D eigenvalue weighted by atomic mass is 10.2. The van der Waals surface area contributed by atoms with Crippen LogP contribution in [0.2, 0.25) is 0 Å². The molecule has 4 rings (SSSR count). The standard InChI is InChI=1S/C21H21N5S2/c1-16-18(14-26-15-25-17-6-2-3-7-19(17)26)22-11-8-20(16)27-12-5-13-28-21-23-9-4-10-24-21/h2-4,6-11,15H,5,12-14H2,1H3. The van der Waals surface area contributed by atoms with Crippen LogP contribution in [0.3, 0.4) is 0 Å². The number of hydrogen-bond acceptors (Lipinski definition) is 6. The molecule has 0 aliphatic rings. The molecule has 3 heterocycles. The van der Waals surface area contributed by atoms with Gasteiger partial charge in [-0.1, -0.05) is 23.9 Å². The molecule has 0 fully saturated rings. The van der Waals surface area contributed by atoms with E-state index < -0.39 is 0 Å². The second-order valence-corrected chi connectivity index (χ2v) is 8.52. The van der Waals surface area contributed by atoms with Gasteiger partial charge >= 0.3 is 0 Å². The molecule has 0 aliphatic carbocycles. The van der Waals surface area contributed by atoms with E-state index in [9.17, 15) is 0 Å². The zero-order valence-corrected chi connectivity index (χ0v) is 17.3. The van der Waals surface area contributed by atoms with E-state index in [1.807, 2.05) is 48.6 Å². The summed E-state index contributed by atoms with van der Waals surface area (Å²) in [5.74, 6) is 2.09. The van der Waals surface area contributed by atoms with Gasteiger partial charge in [-0.05, 0) is 48.9 Å². The van der Waals surface area contributed by atoms with Gasteiger partial charge in [-0.15, -0.1) is 11.8 Å². The van der Waals surface area contributed by atoms with Gasteiger partial charge in [0.05, 0.1) is 29.6 Å². The number of benzene rings is 1. The molecule has 0 amide bonds. The molecule has 0 N–H and O–H groups in total. The highest BCUT2D eigenvalue weighted by Gasteiger charge is 2.09. The molecule has 0 bridgehead atoms. The number of thioether (sulfide) groups is 2. The van der Waals surface area contributed by atoms with E-state index in [0.717, 1.165) is 46.4 Å². The molecule has 142 valence electrons. The molecule has 28 heavy (non-hydrogen) atoms. The van der Waals surface area contributed by atoms with Crippen molar-refractivity contribution in [3.05, 3.63) is 72.6 Å².